The number of nitrogens with one attached hydrogen (secondary N) is 2. The van der Waals surface area contributed by atoms with E-state index in [2.05, 4.69) is 20.7 Å². The minimum atomic E-state index is -0.645. The van der Waals surface area contributed by atoms with Crippen molar-refractivity contribution in [3.8, 4) is 16.9 Å². The number of carbonyl (C=O) groups excluding carboxylic acids is 2. The Balaban J connectivity index is 1.45. The number of nitrogens with two attached hydrogens (primary N) is 1. The Kier molecular flexibility index (Phi) is 6.57. The van der Waals surface area contributed by atoms with Gasteiger partial charge in [0.05, 0.1) is 43.5 Å². The molecule has 2 aliphatic rings. The Bertz CT molecular complexity index is 1290. The van der Waals surface area contributed by atoms with Crippen LogP contribution in [0.1, 0.15) is 29.2 Å². The van der Waals surface area contributed by atoms with E-state index in [1.54, 1.807) is 26.5 Å². The summed E-state index contributed by atoms with van der Waals surface area (Å²) in [5, 5.41) is 10.6. The molecule has 0 radical (unpaired) electrons. The molecule has 3 heterocycles. The molecule has 2 aromatic heterocycles. The molecule has 11 nitrogen and oxygen atoms in total. The maximum atomic E-state index is 12.2. The van der Waals surface area contributed by atoms with Gasteiger partial charge in [-0.05, 0) is 18.9 Å². The zero-order chi connectivity index (χ0) is 25.2. The Labute approximate surface area is 207 Å². The fourth-order valence-corrected chi connectivity index (χ4v) is 4.28. The van der Waals surface area contributed by atoms with E-state index < -0.39 is 5.91 Å². The molecular formula is C25H28N6O5. The number of carbonyl (C=O) groups is 2. The zero-order valence-corrected chi connectivity index (χ0v) is 20.1. The van der Waals surface area contributed by atoms with Gasteiger partial charge in [-0.1, -0.05) is 12.1 Å². The zero-order valence-electron chi connectivity index (χ0n) is 20.1. The Hall–Kier alpha value is -3.96. The van der Waals surface area contributed by atoms with Gasteiger partial charge in [0.2, 0.25) is 5.91 Å². The molecule has 188 valence electrons. The number of rotatable bonds is 9. The molecule has 1 aromatic carbocycles. The molecule has 11 heteroatoms. The van der Waals surface area contributed by atoms with E-state index in [1.165, 1.54) is 6.20 Å². The van der Waals surface area contributed by atoms with Crippen LogP contribution in [0.3, 0.4) is 0 Å². The Morgan fingerprint density at radius 3 is 2.72 bits per heavy atom. The third-order valence-corrected chi connectivity index (χ3v) is 6.41. The lowest BCUT2D eigenvalue weighted by molar-refractivity contribution is -0.117. The number of aromatic nitrogens is 3. The van der Waals surface area contributed by atoms with Crippen molar-refractivity contribution in [2.24, 2.45) is 11.7 Å². The molecule has 2 atom stereocenters. The molecular weight excluding hydrogens is 464 g/mol. The first-order valence-corrected chi connectivity index (χ1v) is 11.7. The Morgan fingerprint density at radius 2 is 2.00 bits per heavy atom. The number of primary amides is 1. The van der Waals surface area contributed by atoms with Crippen LogP contribution in [0.2, 0.25) is 0 Å². The molecule has 4 N–H and O–H groups in total. The second kappa shape index (κ2) is 9.96. The van der Waals surface area contributed by atoms with Crippen LogP contribution in [0.5, 0.6) is 5.75 Å². The number of hydrogen-bond acceptors (Lipinski definition) is 8. The average Bonchev–Trinajstić information content (AvgIpc) is 3.42. The minimum absolute atomic E-state index is 0.0183. The first-order valence-electron chi connectivity index (χ1n) is 11.7. The summed E-state index contributed by atoms with van der Waals surface area (Å²) in [7, 11) is 3.24. The normalized spacial score (nSPS) is 19.2. The molecule has 1 aliphatic heterocycles. The molecule has 1 saturated heterocycles. The highest BCUT2D eigenvalue weighted by atomic mass is 16.5. The quantitative estimate of drug-likeness (QED) is 0.414. The van der Waals surface area contributed by atoms with Gasteiger partial charge in [-0.25, -0.2) is 4.98 Å². The summed E-state index contributed by atoms with van der Waals surface area (Å²) in [5.74, 6) is 0.181. The fraction of sp³-hybridized carbons (Fsp3) is 0.360. The predicted molar refractivity (Wildman–Crippen MR) is 132 cm³/mol. The van der Waals surface area contributed by atoms with Crippen LogP contribution < -0.4 is 21.1 Å². The van der Waals surface area contributed by atoms with Gasteiger partial charge in [-0.15, -0.1) is 0 Å². The predicted octanol–water partition coefficient (Wildman–Crippen LogP) is 2.73. The van der Waals surface area contributed by atoms with Crippen molar-refractivity contribution >= 4 is 29.0 Å². The van der Waals surface area contributed by atoms with Crippen molar-refractivity contribution in [3.63, 3.8) is 0 Å². The van der Waals surface area contributed by atoms with Crippen LogP contribution in [0.15, 0.2) is 42.9 Å². The number of amides is 2. The van der Waals surface area contributed by atoms with Crippen molar-refractivity contribution in [2.45, 2.75) is 25.0 Å². The van der Waals surface area contributed by atoms with Crippen molar-refractivity contribution in [2.75, 3.05) is 38.1 Å². The second-order valence-electron chi connectivity index (χ2n) is 8.84. The van der Waals surface area contributed by atoms with Gasteiger partial charge in [-0.2, -0.15) is 5.10 Å². The lowest BCUT2D eigenvalue weighted by atomic mass is 10.1. The summed E-state index contributed by atoms with van der Waals surface area (Å²) in [6.07, 6.45) is 6.72. The topological polar surface area (TPSA) is 143 Å². The van der Waals surface area contributed by atoms with E-state index in [9.17, 15) is 9.59 Å². The number of pyridine rings is 1. The first kappa shape index (κ1) is 23.8. The van der Waals surface area contributed by atoms with Gasteiger partial charge in [-0.3, -0.25) is 14.3 Å². The van der Waals surface area contributed by atoms with Crippen molar-refractivity contribution in [1.82, 2.24) is 14.8 Å². The van der Waals surface area contributed by atoms with E-state index in [1.807, 2.05) is 29.1 Å². The van der Waals surface area contributed by atoms with Gasteiger partial charge < -0.3 is 30.6 Å². The first-order chi connectivity index (χ1) is 17.5. The maximum absolute atomic E-state index is 12.2. The summed E-state index contributed by atoms with van der Waals surface area (Å²) in [6.45, 7) is 1.05. The van der Waals surface area contributed by atoms with Gasteiger partial charge in [0, 0.05) is 42.6 Å². The van der Waals surface area contributed by atoms with Crippen LogP contribution in [0.25, 0.3) is 11.1 Å². The number of nitrogens with zero attached hydrogens (tertiary/aromatic N) is 3. The minimum Gasteiger partial charge on any atom is -0.494 e. The summed E-state index contributed by atoms with van der Waals surface area (Å²) in [4.78, 5) is 28.5. The fourth-order valence-electron chi connectivity index (χ4n) is 4.28. The molecule has 5 rings (SSSR count). The number of para-hydroxylation sites is 1. The number of hydrogen-bond donors (Lipinski definition) is 3. The summed E-state index contributed by atoms with van der Waals surface area (Å²) >= 11 is 0. The standard InChI is InChI=1S/C25H28N6O5/c1-34-21-13-36-12-20(21)31-11-15(9-28-31)16-4-3-5-18(23(16)35-2)29-19-8-22(27-10-17(19)24(26)32)30-25(33)14-6-7-14/h3-5,8-11,14,20-21H,6-7,12-13H2,1-2H3,(H2,26,32)(H2,27,29,30,33)/t20-,21+/m0/s1. The van der Waals surface area contributed by atoms with Gasteiger partial charge in [0.15, 0.2) is 0 Å². The number of benzene rings is 1. The van der Waals surface area contributed by atoms with E-state index in [0.29, 0.717) is 36.2 Å². The van der Waals surface area contributed by atoms with Crippen molar-refractivity contribution in [1.29, 1.82) is 0 Å². The average molecular weight is 493 g/mol. The summed E-state index contributed by atoms with van der Waals surface area (Å²) in [5.41, 5.74) is 8.43. The Morgan fingerprint density at radius 1 is 1.17 bits per heavy atom. The molecule has 36 heavy (non-hydrogen) atoms. The number of anilines is 3. The van der Waals surface area contributed by atoms with Gasteiger partial charge in [0.25, 0.3) is 5.91 Å². The van der Waals surface area contributed by atoms with Crippen LogP contribution in [0, 0.1) is 5.92 Å². The molecule has 1 saturated carbocycles. The monoisotopic (exact) mass is 492 g/mol. The largest absolute Gasteiger partial charge is 0.494 e. The smallest absolute Gasteiger partial charge is 0.252 e. The van der Waals surface area contributed by atoms with E-state index in [-0.39, 0.29) is 29.5 Å². The SMILES string of the molecule is COc1c(Nc2cc(NC(=O)C3CC3)ncc2C(N)=O)cccc1-c1cnn([C@H]2COC[C@H]2OC)c1. The van der Waals surface area contributed by atoms with Crippen LogP contribution >= 0.6 is 0 Å². The molecule has 0 unspecified atom stereocenters. The third-order valence-electron chi connectivity index (χ3n) is 6.41. The van der Waals surface area contributed by atoms with Crippen molar-refractivity contribution < 1.29 is 23.8 Å². The lowest BCUT2D eigenvalue weighted by Crippen LogP contribution is -2.24. The van der Waals surface area contributed by atoms with Crippen LogP contribution in [0.4, 0.5) is 17.2 Å². The lowest BCUT2D eigenvalue weighted by Gasteiger charge is -2.17. The van der Waals surface area contributed by atoms with E-state index >= 15 is 0 Å². The maximum Gasteiger partial charge on any atom is 0.252 e. The number of methoxy groups -OCH3 is 2. The highest BCUT2D eigenvalue weighted by Gasteiger charge is 2.31. The highest BCUT2D eigenvalue weighted by Crippen LogP contribution is 2.39. The third kappa shape index (κ3) is 4.75. The van der Waals surface area contributed by atoms with Crippen LogP contribution in [-0.4, -0.2) is 60.1 Å². The molecule has 3 aromatic rings. The summed E-state index contributed by atoms with van der Waals surface area (Å²) < 4.78 is 18.7. The van der Waals surface area contributed by atoms with Gasteiger partial charge in [0.1, 0.15) is 23.7 Å². The second-order valence-corrected chi connectivity index (χ2v) is 8.84. The van der Waals surface area contributed by atoms with E-state index in [0.717, 1.165) is 24.0 Å². The van der Waals surface area contributed by atoms with Gasteiger partial charge >= 0.3 is 0 Å². The highest BCUT2D eigenvalue weighted by molar-refractivity contribution is 6.01. The molecule has 2 fully saturated rings. The molecule has 0 spiro atoms. The van der Waals surface area contributed by atoms with Crippen molar-refractivity contribution in [3.05, 3.63) is 48.4 Å². The van der Waals surface area contributed by atoms with Crippen LogP contribution in [-0.2, 0) is 14.3 Å². The molecule has 2 amide bonds. The van der Waals surface area contributed by atoms with E-state index in [4.69, 9.17) is 19.9 Å². The summed E-state index contributed by atoms with van der Waals surface area (Å²) in [6, 6.07) is 7.19. The molecule has 1 aliphatic carbocycles. The number of ether oxygens (including phenoxy) is 3. The molecule has 0 bridgehead atoms.